The molecule has 0 spiro atoms. The Morgan fingerprint density at radius 2 is 1.50 bits per heavy atom. The molecule has 3 aliphatic rings. The molecule has 26 heavy (non-hydrogen) atoms. The zero-order chi connectivity index (χ0) is 18.5. The maximum atomic E-state index is 13.2. The number of carbonyl (C=O) groups excluding carboxylic acids is 2. The predicted molar refractivity (Wildman–Crippen MR) is 107 cm³/mol. The molecule has 1 saturated heterocycles. The summed E-state index contributed by atoms with van der Waals surface area (Å²) < 4.78 is 0. The average Bonchev–Trinajstić information content (AvgIpc) is 2.68. The highest BCUT2D eigenvalue weighted by Gasteiger charge is 2.43. The lowest BCUT2D eigenvalue weighted by Gasteiger charge is -2.48. The minimum atomic E-state index is -0.683. The fraction of sp³-hybridized carbons (Fsp3) is 0.900. The van der Waals surface area contributed by atoms with Crippen molar-refractivity contribution in [3.8, 4) is 0 Å². The van der Waals surface area contributed by atoms with Crippen molar-refractivity contribution in [3.63, 3.8) is 0 Å². The Morgan fingerprint density at radius 3 is 2.08 bits per heavy atom. The third-order valence-electron chi connectivity index (χ3n) is 6.60. The molecule has 148 valence electrons. The molecule has 0 bridgehead atoms. The highest BCUT2D eigenvalue weighted by molar-refractivity contribution is 7.99. The van der Waals surface area contributed by atoms with E-state index in [4.69, 9.17) is 0 Å². The molecular weight excluding hydrogens is 346 g/mol. The Bertz CT molecular complexity index is 493. The van der Waals surface area contributed by atoms with Crippen molar-refractivity contribution in [2.45, 2.75) is 82.2 Å². The molecule has 1 heterocycles. The van der Waals surface area contributed by atoms with Gasteiger partial charge in [0.1, 0.15) is 5.54 Å². The minimum Gasteiger partial charge on any atom is -0.352 e. The number of nitrogens with zero attached hydrogens (tertiary/aromatic N) is 1. The summed E-state index contributed by atoms with van der Waals surface area (Å²) in [7, 11) is 0. The van der Waals surface area contributed by atoms with Gasteiger partial charge < -0.3 is 10.6 Å². The molecule has 0 unspecified atom stereocenters. The Hall–Kier alpha value is -0.750. The van der Waals surface area contributed by atoms with E-state index in [2.05, 4.69) is 15.5 Å². The van der Waals surface area contributed by atoms with Crippen LogP contribution in [0.3, 0.4) is 0 Å². The number of amides is 2. The molecule has 2 amide bonds. The van der Waals surface area contributed by atoms with Crippen molar-refractivity contribution >= 4 is 23.6 Å². The van der Waals surface area contributed by atoms with Gasteiger partial charge in [-0.3, -0.25) is 14.5 Å². The molecule has 6 heteroatoms. The quantitative estimate of drug-likeness (QED) is 0.769. The average molecular weight is 382 g/mol. The second-order valence-electron chi connectivity index (χ2n) is 8.39. The topological polar surface area (TPSA) is 61.4 Å². The molecule has 0 radical (unpaired) electrons. The summed E-state index contributed by atoms with van der Waals surface area (Å²) in [5, 5.41) is 6.31. The van der Waals surface area contributed by atoms with Crippen molar-refractivity contribution < 1.29 is 9.59 Å². The van der Waals surface area contributed by atoms with Crippen LogP contribution >= 0.6 is 11.8 Å². The number of rotatable bonds is 5. The van der Waals surface area contributed by atoms with Crippen LogP contribution in [0.1, 0.15) is 71.1 Å². The van der Waals surface area contributed by atoms with E-state index in [-0.39, 0.29) is 17.4 Å². The molecular formula is C20H35N3O2S. The highest BCUT2D eigenvalue weighted by Crippen LogP contribution is 2.35. The van der Waals surface area contributed by atoms with E-state index in [1.54, 1.807) is 0 Å². The molecule has 0 aromatic rings. The first-order valence-electron chi connectivity index (χ1n) is 10.5. The van der Waals surface area contributed by atoms with E-state index >= 15 is 0 Å². The van der Waals surface area contributed by atoms with Crippen LogP contribution in [0.2, 0.25) is 0 Å². The van der Waals surface area contributed by atoms with Gasteiger partial charge in [-0.2, -0.15) is 11.8 Å². The zero-order valence-electron chi connectivity index (χ0n) is 16.3. The lowest BCUT2D eigenvalue weighted by atomic mass is 9.78. The lowest BCUT2D eigenvalue weighted by molar-refractivity contribution is -0.135. The molecule has 5 nitrogen and oxygen atoms in total. The van der Waals surface area contributed by atoms with Gasteiger partial charge in [-0.1, -0.05) is 38.5 Å². The SMILES string of the molecule is CC(=O)NC1(C(=O)NCC2(N3CCSCC3)CCCCC2)CCCCC1. The molecule has 0 aromatic carbocycles. The highest BCUT2D eigenvalue weighted by atomic mass is 32.2. The van der Waals surface area contributed by atoms with Crippen LogP contribution in [0.15, 0.2) is 0 Å². The summed E-state index contributed by atoms with van der Waals surface area (Å²) >= 11 is 2.04. The van der Waals surface area contributed by atoms with E-state index in [0.717, 1.165) is 51.7 Å². The summed E-state index contributed by atoms with van der Waals surface area (Å²) in [6.07, 6.45) is 10.9. The summed E-state index contributed by atoms with van der Waals surface area (Å²) in [6.45, 7) is 4.53. The number of hydrogen-bond donors (Lipinski definition) is 2. The Morgan fingerprint density at radius 1 is 0.923 bits per heavy atom. The van der Waals surface area contributed by atoms with E-state index in [0.29, 0.717) is 0 Å². The van der Waals surface area contributed by atoms with Gasteiger partial charge in [0.15, 0.2) is 0 Å². The van der Waals surface area contributed by atoms with E-state index in [9.17, 15) is 9.59 Å². The first kappa shape index (κ1) is 20.0. The maximum Gasteiger partial charge on any atom is 0.245 e. The van der Waals surface area contributed by atoms with Gasteiger partial charge >= 0.3 is 0 Å². The summed E-state index contributed by atoms with van der Waals surface area (Å²) in [6, 6.07) is 0. The Labute approximate surface area is 162 Å². The smallest absolute Gasteiger partial charge is 0.245 e. The number of carbonyl (C=O) groups is 2. The van der Waals surface area contributed by atoms with Gasteiger partial charge in [-0.25, -0.2) is 0 Å². The fourth-order valence-electron chi connectivity index (χ4n) is 5.17. The molecule has 3 rings (SSSR count). The van der Waals surface area contributed by atoms with E-state index < -0.39 is 5.54 Å². The normalized spacial score (nSPS) is 26.0. The molecule has 2 aliphatic carbocycles. The van der Waals surface area contributed by atoms with Gasteiger partial charge in [-0.05, 0) is 25.7 Å². The predicted octanol–water partition coefficient (Wildman–Crippen LogP) is 2.69. The number of hydrogen-bond acceptors (Lipinski definition) is 4. The standard InChI is InChI=1S/C20H35N3O2S/c1-17(24)22-20(10-6-3-7-11-20)18(25)21-16-19(8-4-2-5-9-19)23-12-14-26-15-13-23/h2-16H2,1H3,(H,21,25)(H,22,24). The summed E-state index contributed by atoms with van der Waals surface area (Å²) in [5.74, 6) is 2.35. The van der Waals surface area contributed by atoms with Gasteiger partial charge in [0.05, 0.1) is 0 Å². The van der Waals surface area contributed by atoms with Crippen molar-refractivity contribution in [2.75, 3.05) is 31.1 Å². The molecule has 3 fully saturated rings. The van der Waals surface area contributed by atoms with Crippen molar-refractivity contribution in [2.24, 2.45) is 0 Å². The van der Waals surface area contributed by atoms with Crippen molar-refractivity contribution in [3.05, 3.63) is 0 Å². The second kappa shape index (κ2) is 8.96. The first-order chi connectivity index (χ1) is 12.6. The van der Waals surface area contributed by atoms with Gasteiger partial charge in [-0.15, -0.1) is 0 Å². The largest absolute Gasteiger partial charge is 0.352 e. The molecule has 0 aromatic heterocycles. The third kappa shape index (κ3) is 4.56. The monoisotopic (exact) mass is 381 g/mol. The maximum absolute atomic E-state index is 13.2. The lowest BCUT2D eigenvalue weighted by Crippen LogP contribution is -2.64. The molecule has 2 saturated carbocycles. The third-order valence-corrected chi connectivity index (χ3v) is 7.54. The molecule has 2 N–H and O–H groups in total. The van der Waals surface area contributed by atoms with Crippen LogP contribution in [0.5, 0.6) is 0 Å². The molecule has 0 atom stereocenters. The summed E-state index contributed by atoms with van der Waals surface area (Å²) in [4.78, 5) is 27.6. The van der Waals surface area contributed by atoms with Gasteiger partial charge in [0, 0.05) is 43.6 Å². The number of thioether (sulfide) groups is 1. The first-order valence-corrected chi connectivity index (χ1v) is 11.6. The fourth-order valence-corrected chi connectivity index (χ4v) is 6.07. The van der Waals surface area contributed by atoms with Gasteiger partial charge in [0.25, 0.3) is 0 Å². The van der Waals surface area contributed by atoms with Gasteiger partial charge in [0.2, 0.25) is 11.8 Å². The van der Waals surface area contributed by atoms with Crippen LogP contribution in [-0.2, 0) is 9.59 Å². The van der Waals surface area contributed by atoms with E-state index in [1.165, 1.54) is 50.5 Å². The van der Waals surface area contributed by atoms with Crippen molar-refractivity contribution in [1.82, 2.24) is 15.5 Å². The van der Waals surface area contributed by atoms with Crippen LogP contribution < -0.4 is 10.6 Å². The molecule has 1 aliphatic heterocycles. The van der Waals surface area contributed by atoms with Crippen LogP contribution in [0.4, 0.5) is 0 Å². The van der Waals surface area contributed by atoms with E-state index in [1.807, 2.05) is 11.8 Å². The second-order valence-corrected chi connectivity index (χ2v) is 9.62. The van der Waals surface area contributed by atoms with Crippen LogP contribution in [0.25, 0.3) is 0 Å². The summed E-state index contributed by atoms with van der Waals surface area (Å²) in [5.41, 5.74) is -0.557. The zero-order valence-corrected chi connectivity index (χ0v) is 17.1. The number of nitrogens with one attached hydrogen (secondary N) is 2. The van der Waals surface area contributed by atoms with Crippen LogP contribution in [0, 0.1) is 0 Å². The minimum absolute atomic E-state index is 0.0451. The van der Waals surface area contributed by atoms with Crippen LogP contribution in [-0.4, -0.2) is 58.9 Å². The van der Waals surface area contributed by atoms with Crippen molar-refractivity contribution in [1.29, 1.82) is 0 Å². The Kier molecular flexibility index (Phi) is 6.89. The Balaban J connectivity index is 1.68.